The number of rotatable bonds is 2. The Morgan fingerprint density at radius 1 is 1.53 bits per heavy atom. The first-order valence-corrected chi connectivity index (χ1v) is 6.59. The Morgan fingerprint density at radius 3 is 3.18 bits per heavy atom. The van der Waals surface area contributed by atoms with Crippen LogP contribution in [0.2, 0.25) is 0 Å². The van der Waals surface area contributed by atoms with Crippen LogP contribution in [-0.2, 0) is 0 Å². The lowest BCUT2D eigenvalue weighted by atomic mass is 10.0. The van der Waals surface area contributed by atoms with Gasteiger partial charge in [-0.05, 0) is 41.4 Å². The summed E-state index contributed by atoms with van der Waals surface area (Å²) in [5.41, 5.74) is 1.74. The van der Waals surface area contributed by atoms with E-state index in [1.165, 1.54) is 0 Å². The molecule has 3 heterocycles. The van der Waals surface area contributed by atoms with Crippen LogP contribution in [0.4, 0.5) is 0 Å². The Kier molecular flexibility index (Phi) is 2.90. The van der Waals surface area contributed by atoms with Crippen molar-refractivity contribution in [1.82, 2.24) is 15.3 Å². The van der Waals surface area contributed by atoms with Gasteiger partial charge in [0.05, 0.1) is 6.10 Å². The van der Waals surface area contributed by atoms with Gasteiger partial charge in [-0.1, -0.05) is 0 Å². The first-order valence-electron chi connectivity index (χ1n) is 5.79. The number of halogens is 1. The van der Waals surface area contributed by atoms with Crippen LogP contribution in [0.1, 0.15) is 24.5 Å². The van der Waals surface area contributed by atoms with Gasteiger partial charge >= 0.3 is 0 Å². The van der Waals surface area contributed by atoms with Crippen LogP contribution in [0.3, 0.4) is 0 Å². The number of fused-ring (bicyclic) bond motifs is 1. The molecule has 0 radical (unpaired) electrons. The van der Waals surface area contributed by atoms with Gasteiger partial charge in [0.25, 0.3) is 0 Å². The van der Waals surface area contributed by atoms with Crippen molar-refractivity contribution in [3.05, 3.63) is 28.5 Å². The fourth-order valence-corrected chi connectivity index (χ4v) is 2.77. The number of hydrogen-bond acceptors (Lipinski definition) is 3. The molecular weight excluding hydrogens is 282 g/mol. The van der Waals surface area contributed by atoms with Gasteiger partial charge in [-0.2, -0.15) is 0 Å². The molecule has 1 saturated heterocycles. The van der Waals surface area contributed by atoms with Gasteiger partial charge in [-0.3, -0.25) is 0 Å². The highest BCUT2D eigenvalue weighted by Gasteiger charge is 2.26. The number of aromatic nitrogens is 2. The van der Waals surface area contributed by atoms with Crippen molar-refractivity contribution in [3.8, 4) is 0 Å². The minimum atomic E-state index is -0.470. The smallest absolute Gasteiger partial charge is 0.137 e. The number of aliphatic hydroxyl groups is 1. The minimum Gasteiger partial charge on any atom is -0.387 e. The van der Waals surface area contributed by atoms with Crippen molar-refractivity contribution in [3.63, 3.8) is 0 Å². The van der Waals surface area contributed by atoms with Crippen LogP contribution < -0.4 is 5.32 Å². The first kappa shape index (κ1) is 11.2. The zero-order chi connectivity index (χ0) is 11.8. The van der Waals surface area contributed by atoms with Crippen molar-refractivity contribution in [1.29, 1.82) is 0 Å². The Bertz CT molecular complexity index is 534. The molecule has 0 aromatic carbocycles. The molecule has 0 bridgehead atoms. The summed E-state index contributed by atoms with van der Waals surface area (Å²) in [6.45, 7) is 0.992. The molecule has 0 amide bonds. The van der Waals surface area contributed by atoms with E-state index in [1.807, 2.05) is 12.3 Å². The van der Waals surface area contributed by atoms with Crippen LogP contribution >= 0.6 is 15.9 Å². The van der Waals surface area contributed by atoms with Gasteiger partial charge in [0.1, 0.15) is 5.65 Å². The molecule has 2 atom stereocenters. The van der Waals surface area contributed by atoms with E-state index < -0.39 is 6.10 Å². The predicted octanol–water partition coefficient (Wildman–Crippen LogP) is 2.11. The topological polar surface area (TPSA) is 60.9 Å². The maximum atomic E-state index is 10.4. The molecule has 90 valence electrons. The molecule has 17 heavy (non-hydrogen) atoms. The number of pyridine rings is 1. The van der Waals surface area contributed by atoms with E-state index in [-0.39, 0.29) is 6.04 Å². The summed E-state index contributed by atoms with van der Waals surface area (Å²) in [7, 11) is 0. The molecule has 5 heteroatoms. The summed E-state index contributed by atoms with van der Waals surface area (Å²) >= 11 is 3.41. The largest absolute Gasteiger partial charge is 0.387 e. The fourth-order valence-electron chi connectivity index (χ4n) is 2.44. The van der Waals surface area contributed by atoms with E-state index in [4.69, 9.17) is 0 Å². The summed E-state index contributed by atoms with van der Waals surface area (Å²) in [5, 5.41) is 14.7. The average molecular weight is 296 g/mol. The number of aliphatic hydroxyl groups excluding tert-OH is 1. The highest BCUT2D eigenvalue weighted by Crippen LogP contribution is 2.29. The van der Waals surface area contributed by atoms with Gasteiger partial charge in [0.15, 0.2) is 0 Å². The summed E-state index contributed by atoms with van der Waals surface area (Å²) in [4.78, 5) is 7.38. The quantitative estimate of drug-likeness (QED) is 0.795. The van der Waals surface area contributed by atoms with Crippen molar-refractivity contribution in [2.45, 2.75) is 25.0 Å². The zero-order valence-electron chi connectivity index (χ0n) is 9.28. The Hall–Kier alpha value is -0.910. The highest BCUT2D eigenvalue weighted by molar-refractivity contribution is 9.10. The molecular formula is C12H14BrN3O. The van der Waals surface area contributed by atoms with Crippen molar-refractivity contribution < 1.29 is 5.11 Å². The van der Waals surface area contributed by atoms with Gasteiger partial charge in [-0.25, -0.2) is 4.98 Å². The normalized spacial score (nSPS) is 22.1. The number of nitrogens with one attached hydrogen (secondary N) is 2. The molecule has 3 N–H and O–H groups in total. The molecule has 2 aromatic heterocycles. The average Bonchev–Trinajstić information content (AvgIpc) is 2.97. The summed E-state index contributed by atoms with van der Waals surface area (Å²) in [5.74, 6) is 0. The van der Waals surface area contributed by atoms with Crippen LogP contribution in [0.25, 0.3) is 11.0 Å². The zero-order valence-corrected chi connectivity index (χ0v) is 10.9. The SMILES string of the molecule is OC(c1c[nH]c2ncc(Br)cc12)C1CCCN1. The predicted molar refractivity (Wildman–Crippen MR) is 69.8 cm³/mol. The fraction of sp³-hybridized carbons (Fsp3) is 0.417. The molecule has 1 aliphatic heterocycles. The van der Waals surface area contributed by atoms with Crippen LogP contribution in [0.5, 0.6) is 0 Å². The highest BCUT2D eigenvalue weighted by atomic mass is 79.9. The molecule has 1 fully saturated rings. The van der Waals surface area contributed by atoms with Gasteiger partial charge < -0.3 is 15.4 Å². The van der Waals surface area contributed by atoms with Crippen LogP contribution in [0, 0.1) is 0 Å². The molecule has 0 saturated carbocycles. The molecule has 1 aliphatic rings. The van der Waals surface area contributed by atoms with Gasteiger partial charge in [-0.15, -0.1) is 0 Å². The van der Waals surface area contributed by atoms with Crippen LogP contribution in [0.15, 0.2) is 22.9 Å². The third-order valence-corrected chi connectivity index (χ3v) is 3.76. The minimum absolute atomic E-state index is 0.160. The Balaban J connectivity index is 2.01. The first-order chi connectivity index (χ1) is 8.25. The van der Waals surface area contributed by atoms with E-state index in [9.17, 15) is 5.11 Å². The van der Waals surface area contributed by atoms with E-state index in [0.29, 0.717) is 0 Å². The second-order valence-corrected chi connectivity index (χ2v) is 5.36. The molecule has 2 aromatic rings. The molecule has 0 aliphatic carbocycles. The number of aromatic amines is 1. The third-order valence-electron chi connectivity index (χ3n) is 3.33. The standard InChI is InChI=1S/C12H14BrN3O/c13-7-4-8-9(6-16-12(8)15-5-7)11(17)10-2-1-3-14-10/h4-6,10-11,14,17H,1-3H2,(H,15,16). The monoisotopic (exact) mass is 295 g/mol. The van der Waals surface area contributed by atoms with E-state index >= 15 is 0 Å². The lowest BCUT2D eigenvalue weighted by molar-refractivity contribution is 0.139. The molecule has 0 spiro atoms. The molecule has 4 nitrogen and oxygen atoms in total. The Labute approximate surface area is 108 Å². The van der Waals surface area contributed by atoms with E-state index in [0.717, 1.165) is 40.5 Å². The third kappa shape index (κ3) is 1.99. The van der Waals surface area contributed by atoms with Gasteiger partial charge in [0.2, 0.25) is 0 Å². The summed E-state index contributed by atoms with van der Waals surface area (Å²) in [6, 6.07) is 2.15. The van der Waals surface area contributed by atoms with E-state index in [1.54, 1.807) is 6.20 Å². The van der Waals surface area contributed by atoms with Gasteiger partial charge in [0, 0.05) is 33.9 Å². The number of hydrogen-bond donors (Lipinski definition) is 3. The second kappa shape index (κ2) is 4.40. The lowest BCUT2D eigenvalue weighted by Crippen LogP contribution is -2.28. The molecule has 3 rings (SSSR count). The van der Waals surface area contributed by atoms with Crippen LogP contribution in [-0.4, -0.2) is 27.7 Å². The molecule has 2 unspecified atom stereocenters. The lowest BCUT2D eigenvalue weighted by Gasteiger charge is -2.17. The van der Waals surface area contributed by atoms with Crippen molar-refractivity contribution >= 4 is 27.0 Å². The summed E-state index contributed by atoms with van der Waals surface area (Å²) in [6.07, 6.45) is 5.29. The summed E-state index contributed by atoms with van der Waals surface area (Å²) < 4.78 is 0.928. The number of nitrogens with zero attached hydrogens (tertiary/aromatic N) is 1. The van der Waals surface area contributed by atoms with Crippen molar-refractivity contribution in [2.24, 2.45) is 0 Å². The number of H-pyrrole nitrogens is 1. The Morgan fingerprint density at radius 2 is 2.41 bits per heavy atom. The van der Waals surface area contributed by atoms with E-state index in [2.05, 4.69) is 31.2 Å². The van der Waals surface area contributed by atoms with Crippen molar-refractivity contribution in [2.75, 3.05) is 6.54 Å². The maximum absolute atomic E-state index is 10.4. The second-order valence-electron chi connectivity index (χ2n) is 4.44. The maximum Gasteiger partial charge on any atom is 0.137 e.